The normalized spacial score (nSPS) is 19.3. The molecule has 4 rings (SSSR count). The highest BCUT2D eigenvalue weighted by Gasteiger charge is 2.38. The van der Waals surface area contributed by atoms with Crippen LogP contribution in [0.1, 0.15) is 30.2 Å². The molecule has 1 saturated heterocycles. The van der Waals surface area contributed by atoms with Crippen LogP contribution in [0.2, 0.25) is 5.02 Å². The number of hydrogen-bond acceptors (Lipinski definition) is 3. The number of rotatable bonds is 2. The summed E-state index contributed by atoms with van der Waals surface area (Å²) in [5.74, 6) is -0.0295. The van der Waals surface area contributed by atoms with Crippen molar-refractivity contribution < 1.29 is 4.79 Å². The number of hydrogen-bond donors (Lipinski definition) is 2. The van der Waals surface area contributed by atoms with Crippen LogP contribution in [0.5, 0.6) is 0 Å². The first-order chi connectivity index (χ1) is 13.7. The molecule has 0 radical (unpaired) electrons. The van der Waals surface area contributed by atoms with E-state index in [0.717, 1.165) is 27.8 Å². The summed E-state index contributed by atoms with van der Waals surface area (Å²) in [5.41, 5.74) is 3.37. The Bertz CT molecular complexity index is 1200. The molecular weight excluding hydrogens is 386 g/mol. The fourth-order valence-corrected chi connectivity index (χ4v) is 4.13. The zero-order chi connectivity index (χ0) is 20.9. The van der Waals surface area contributed by atoms with Gasteiger partial charge < -0.3 is 9.88 Å². The van der Waals surface area contributed by atoms with E-state index in [1.165, 1.54) is 4.90 Å². The molecule has 2 heterocycles. The third kappa shape index (κ3) is 2.95. The molecule has 146 valence electrons. The van der Waals surface area contributed by atoms with Crippen molar-refractivity contribution in [2.24, 2.45) is 0 Å². The number of benzene rings is 2. The minimum Gasteiger partial charge on any atom is -0.346 e. The second kappa shape index (κ2) is 6.64. The number of amides is 1. The van der Waals surface area contributed by atoms with Crippen molar-refractivity contribution in [3.8, 4) is 11.8 Å². The van der Waals surface area contributed by atoms with Gasteiger partial charge in [-0.3, -0.25) is 15.1 Å². The molecule has 2 N–H and O–H groups in total. The van der Waals surface area contributed by atoms with Gasteiger partial charge >= 0.3 is 0 Å². The summed E-state index contributed by atoms with van der Waals surface area (Å²) in [5, 5.41) is 22.3. The third-order valence-corrected chi connectivity index (χ3v) is 5.86. The van der Waals surface area contributed by atoms with E-state index in [-0.39, 0.29) is 18.3 Å². The molecule has 6 nitrogen and oxygen atoms in total. The summed E-state index contributed by atoms with van der Waals surface area (Å²) in [7, 11) is 1.59. The Morgan fingerprint density at radius 1 is 1.28 bits per heavy atom. The average molecular weight is 406 g/mol. The second-order valence-corrected chi connectivity index (χ2v) is 7.99. The Hall–Kier alpha value is -3.30. The van der Waals surface area contributed by atoms with Crippen LogP contribution in [0, 0.1) is 23.7 Å². The van der Waals surface area contributed by atoms with Crippen molar-refractivity contribution in [2.75, 3.05) is 7.05 Å². The van der Waals surface area contributed by atoms with Crippen LogP contribution in [-0.4, -0.2) is 28.4 Å². The number of nitrogens with zero attached hydrogens (tertiary/aromatic N) is 3. The molecule has 0 saturated carbocycles. The number of guanidine groups is 1. The van der Waals surface area contributed by atoms with Crippen molar-refractivity contribution in [1.29, 1.82) is 10.7 Å². The summed E-state index contributed by atoms with van der Waals surface area (Å²) < 4.78 is 2.01. The maximum absolute atomic E-state index is 12.3. The predicted octanol–water partition coefficient (Wildman–Crippen LogP) is 4.07. The van der Waals surface area contributed by atoms with Crippen LogP contribution in [0.3, 0.4) is 0 Å². The van der Waals surface area contributed by atoms with Gasteiger partial charge in [-0.1, -0.05) is 23.7 Å². The lowest BCUT2D eigenvalue weighted by molar-refractivity contribution is -0.129. The summed E-state index contributed by atoms with van der Waals surface area (Å²) in [6.45, 7) is 3.83. The van der Waals surface area contributed by atoms with Crippen LogP contribution in [-0.2, 0) is 10.3 Å². The highest BCUT2D eigenvalue weighted by molar-refractivity contribution is 6.31. The largest absolute Gasteiger partial charge is 0.346 e. The molecule has 1 atom stereocenters. The van der Waals surface area contributed by atoms with E-state index >= 15 is 0 Å². The molecule has 7 heteroatoms. The summed E-state index contributed by atoms with van der Waals surface area (Å²) >= 11 is 6.23. The zero-order valence-corrected chi connectivity index (χ0v) is 17.1. The molecule has 2 aromatic carbocycles. The lowest BCUT2D eigenvalue weighted by Crippen LogP contribution is -2.58. The van der Waals surface area contributed by atoms with Gasteiger partial charge in [0.05, 0.1) is 23.0 Å². The Balaban J connectivity index is 1.89. The fourth-order valence-electron chi connectivity index (χ4n) is 3.96. The molecule has 0 spiro atoms. The first-order valence-corrected chi connectivity index (χ1v) is 9.58. The van der Waals surface area contributed by atoms with Crippen LogP contribution in [0.4, 0.5) is 0 Å². The molecule has 1 fully saturated rings. The number of nitriles is 1. The molecule has 1 aliphatic rings. The summed E-state index contributed by atoms with van der Waals surface area (Å²) in [6, 6.07) is 15.6. The van der Waals surface area contributed by atoms with Crippen molar-refractivity contribution in [2.45, 2.75) is 25.8 Å². The molecule has 1 amide bonds. The van der Waals surface area contributed by atoms with E-state index in [4.69, 9.17) is 17.0 Å². The van der Waals surface area contributed by atoms with Crippen molar-refractivity contribution >= 4 is 34.4 Å². The Kier molecular flexibility index (Phi) is 4.36. The van der Waals surface area contributed by atoms with E-state index in [2.05, 4.69) is 11.4 Å². The smallest absolute Gasteiger partial charge is 0.231 e. The van der Waals surface area contributed by atoms with Crippen LogP contribution in [0.25, 0.3) is 16.6 Å². The zero-order valence-electron chi connectivity index (χ0n) is 16.4. The maximum Gasteiger partial charge on any atom is 0.231 e. The van der Waals surface area contributed by atoms with E-state index in [1.807, 2.05) is 54.8 Å². The van der Waals surface area contributed by atoms with Crippen molar-refractivity contribution in [3.63, 3.8) is 0 Å². The van der Waals surface area contributed by atoms with Crippen LogP contribution < -0.4 is 5.32 Å². The molecule has 0 aliphatic carbocycles. The Morgan fingerprint density at radius 2 is 2.03 bits per heavy atom. The number of halogens is 1. The minimum atomic E-state index is -0.691. The number of carbonyl (C=O) groups excluding carboxylic acids is 1. The lowest BCUT2D eigenvalue weighted by atomic mass is 9.86. The topological polar surface area (TPSA) is 84.9 Å². The standard InChI is InChI=1S/C22H20ClN5O/c1-13-18(12-24)17-8-7-15(23)10-19(17)28(13)16-6-4-5-14(9-16)22(2)11-20(29)27(3)21(25)26-22/h4-10H,11H2,1-3H3,(H2,25,26)/t22-/m0/s1. The van der Waals surface area contributed by atoms with Crippen molar-refractivity contribution in [1.82, 2.24) is 14.8 Å². The number of aromatic nitrogens is 1. The molecule has 0 unspecified atom stereocenters. The fraction of sp³-hybridized carbons (Fsp3) is 0.227. The highest BCUT2D eigenvalue weighted by Crippen LogP contribution is 2.34. The van der Waals surface area contributed by atoms with Gasteiger partial charge in [0.2, 0.25) is 5.91 Å². The minimum absolute atomic E-state index is 0.0790. The molecule has 29 heavy (non-hydrogen) atoms. The summed E-state index contributed by atoms with van der Waals surface area (Å²) in [6.07, 6.45) is 0.246. The van der Waals surface area contributed by atoms with Gasteiger partial charge in [0.1, 0.15) is 6.07 Å². The van der Waals surface area contributed by atoms with Crippen molar-refractivity contribution in [3.05, 3.63) is 64.3 Å². The number of fused-ring (bicyclic) bond motifs is 1. The van der Waals surface area contributed by atoms with Gasteiger partial charge in [-0.15, -0.1) is 0 Å². The van der Waals surface area contributed by atoms with Gasteiger partial charge in [0.15, 0.2) is 5.96 Å². The Morgan fingerprint density at radius 3 is 2.72 bits per heavy atom. The van der Waals surface area contributed by atoms with Gasteiger partial charge in [0.25, 0.3) is 0 Å². The van der Waals surface area contributed by atoms with E-state index in [1.54, 1.807) is 13.1 Å². The van der Waals surface area contributed by atoms with E-state index < -0.39 is 5.54 Å². The predicted molar refractivity (Wildman–Crippen MR) is 113 cm³/mol. The van der Waals surface area contributed by atoms with Gasteiger partial charge in [0, 0.05) is 28.8 Å². The second-order valence-electron chi connectivity index (χ2n) is 7.55. The van der Waals surface area contributed by atoms with Gasteiger partial charge in [-0.2, -0.15) is 5.26 Å². The first kappa shape index (κ1) is 19.0. The SMILES string of the molecule is Cc1c(C#N)c2ccc(Cl)cc2n1-c1cccc([C@]2(C)CC(=O)N(C)C(=N)N2)c1. The van der Waals surface area contributed by atoms with E-state index in [9.17, 15) is 10.1 Å². The average Bonchev–Trinajstić information content (AvgIpc) is 2.96. The van der Waals surface area contributed by atoms with Gasteiger partial charge in [-0.05, 0) is 49.7 Å². The first-order valence-electron chi connectivity index (χ1n) is 9.20. The molecular formula is C22H20ClN5O. The highest BCUT2D eigenvalue weighted by atomic mass is 35.5. The molecule has 1 aliphatic heterocycles. The van der Waals surface area contributed by atoms with Crippen LogP contribution >= 0.6 is 11.6 Å². The maximum atomic E-state index is 12.3. The molecule has 0 bridgehead atoms. The molecule has 3 aromatic rings. The number of carbonyl (C=O) groups is 1. The Labute approximate surface area is 173 Å². The summed E-state index contributed by atoms with van der Waals surface area (Å²) in [4.78, 5) is 13.7. The quantitative estimate of drug-likeness (QED) is 0.674. The third-order valence-electron chi connectivity index (χ3n) is 5.63. The monoisotopic (exact) mass is 405 g/mol. The number of nitrogens with one attached hydrogen (secondary N) is 2. The van der Waals surface area contributed by atoms with Crippen LogP contribution in [0.15, 0.2) is 42.5 Å². The molecule has 1 aromatic heterocycles. The van der Waals surface area contributed by atoms with E-state index in [0.29, 0.717) is 10.6 Å². The van der Waals surface area contributed by atoms with Gasteiger partial charge in [-0.25, -0.2) is 0 Å². The lowest BCUT2D eigenvalue weighted by Gasteiger charge is -2.39.